The third-order valence-electron chi connectivity index (χ3n) is 3.39. The lowest BCUT2D eigenvalue weighted by Gasteiger charge is -2.16. The molecule has 0 N–H and O–H groups in total. The Morgan fingerprint density at radius 1 is 1.13 bits per heavy atom. The Morgan fingerprint density at radius 2 is 1.87 bits per heavy atom. The molecule has 23 heavy (non-hydrogen) atoms. The molecule has 2 aromatic rings. The van der Waals surface area contributed by atoms with E-state index in [1.54, 1.807) is 23.1 Å². The van der Waals surface area contributed by atoms with Gasteiger partial charge >= 0.3 is 0 Å². The molecule has 1 aliphatic heterocycles. The van der Waals surface area contributed by atoms with Gasteiger partial charge in [-0.05, 0) is 42.3 Å². The fraction of sp³-hybridized carbons (Fsp3) is 0.0588. The van der Waals surface area contributed by atoms with Crippen LogP contribution in [0.3, 0.4) is 0 Å². The first-order valence-electron chi connectivity index (χ1n) is 6.76. The largest absolute Gasteiger partial charge is 0.270 e. The zero-order valence-electron chi connectivity index (χ0n) is 12.0. The maximum atomic E-state index is 12.7. The average Bonchev–Trinajstić information content (AvgIpc) is 2.78. The van der Waals surface area contributed by atoms with Gasteiger partial charge in [-0.15, -0.1) is 0 Å². The maximum absolute atomic E-state index is 12.7. The van der Waals surface area contributed by atoms with E-state index in [0.717, 1.165) is 16.8 Å². The number of carbonyl (C=O) groups is 1. The van der Waals surface area contributed by atoms with Crippen LogP contribution in [-0.2, 0) is 4.79 Å². The van der Waals surface area contributed by atoms with Crippen molar-refractivity contribution >= 4 is 69.2 Å². The number of benzene rings is 2. The number of amides is 1. The minimum Gasteiger partial charge on any atom is -0.268 e. The number of aryl methyl sites for hydroxylation is 1. The summed E-state index contributed by atoms with van der Waals surface area (Å²) in [5.74, 6) is -0.125. The van der Waals surface area contributed by atoms with E-state index in [2.05, 4.69) is 0 Å². The molecule has 0 bridgehead atoms. The van der Waals surface area contributed by atoms with Crippen LogP contribution in [0, 0.1) is 6.92 Å². The molecule has 116 valence electrons. The Bertz CT molecular complexity index is 848. The number of rotatable bonds is 2. The smallest absolute Gasteiger partial charge is 0.268 e. The minimum atomic E-state index is -0.125. The number of anilines is 1. The Kier molecular flexibility index (Phi) is 4.78. The summed E-state index contributed by atoms with van der Waals surface area (Å²) in [6, 6.07) is 12.9. The van der Waals surface area contributed by atoms with E-state index in [4.69, 9.17) is 35.4 Å². The molecule has 0 atom stereocenters. The summed E-state index contributed by atoms with van der Waals surface area (Å²) in [4.78, 5) is 14.8. The topological polar surface area (TPSA) is 20.3 Å². The van der Waals surface area contributed by atoms with Crippen molar-refractivity contribution in [2.45, 2.75) is 6.92 Å². The van der Waals surface area contributed by atoms with E-state index in [-0.39, 0.29) is 5.91 Å². The molecule has 0 spiro atoms. The summed E-state index contributed by atoms with van der Waals surface area (Å²) in [5, 5.41) is 0.936. The molecule has 3 rings (SSSR count). The molecular formula is C17H11Cl2NOS2. The first kappa shape index (κ1) is 16.5. The van der Waals surface area contributed by atoms with Gasteiger partial charge in [0.15, 0.2) is 4.32 Å². The molecule has 0 radical (unpaired) electrons. The first-order chi connectivity index (χ1) is 11.0. The number of carbonyl (C=O) groups excluding carboxylic acids is 1. The molecular weight excluding hydrogens is 369 g/mol. The highest BCUT2D eigenvalue weighted by molar-refractivity contribution is 8.27. The van der Waals surface area contributed by atoms with Crippen LogP contribution in [0.4, 0.5) is 5.69 Å². The van der Waals surface area contributed by atoms with Gasteiger partial charge < -0.3 is 0 Å². The number of nitrogens with zero attached hydrogens (tertiary/aromatic N) is 1. The van der Waals surface area contributed by atoms with Crippen LogP contribution in [0.2, 0.25) is 10.0 Å². The van der Waals surface area contributed by atoms with E-state index in [9.17, 15) is 4.79 Å². The standard InChI is InChI=1S/C17H11Cl2NOS2/c1-10-4-2-3-5-14(10)20-16(21)15(23-17(20)22)9-11-6-7-12(18)13(19)8-11/h2-9H,1H3/b15-9-. The lowest BCUT2D eigenvalue weighted by molar-refractivity contribution is -0.113. The average molecular weight is 380 g/mol. The van der Waals surface area contributed by atoms with Crippen molar-refractivity contribution < 1.29 is 4.79 Å². The lowest BCUT2D eigenvalue weighted by Crippen LogP contribution is -2.28. The minimum absolute atomic E-state index is 0.125. The highest BCUT2D eigenvalue weighted by Crippen LogP contribution is 2.37. The summed E-state index contributed by atoms with van der Waals surface area (Å²) in [6.07, 6.45) is 1.78. The molecule has 0 aromatic heterocycles. The monoisotopic (exact) mass is 379 g/mol. The number of para-hydroxylation sites is 1. The van der Waals surface area contributed by atoms with Gasteiger partial charge in [-0.2, -0.15) is 0 Å². The third-order valence-corrected chi connectivity index (χ3v) is 5.43. The molecule has 1 aliphatic rings. The highest BCUT2D eigenvalue weighted by atomic mass is 35.5. The van der Waals surface area contributed by atoms with E-state index in [0.29, 0.717) is 19.3 Å². The second-order valence-corrected chi connectivity index (χ2v) is 7.47. The maximum Gasteiger partial charge on any atom is 0.270 e. The Hall–Kier alpha value is -1.33. The van der Waals surface area contributed by atoms with Crippen molar-refractivity contribution in [3.63, 3.8) is 0 Å². The zero-order chi connectivity index (χ0) is 16.6. The summed E-state index contributed by atoms with van der Waals surface area (Å²) in [5.41, 5.74) is 2.62. The molecule has 2 nitrogen and oxygen atoms in total. The second-order valence-electron chi connectivity index (χ2n) is 4.98. The third kappa shape index (κ3) is 3.31. The molecule has 1 fully saturated rings. The molecule has 0 saturated carbocycles. The number of hydrogen-bond donors (Lipinski definition) is 0. The Labute approximate surface area is 154 Å². The molecule has 2 aromatic carbocycles. The van der Waals surface area contributed by atoms with Crippen LogP contribution in [-0.4, -0.2) is 10.2 Å². The Morgan fingerprint density at radius 3 is 2.57 bits per heavy atom. The van der Waals surface area contributed by atoms with Crippen LogP contribution in [0.1, 0.15) is 11.1 Å². The summed E-state index contributed by atoms with van der Waals surface area (Å²) < 4.78 is 0.524. The number of thioether (sulfide) groups is 1. The fourth-order valence-corrected chi connectivity index (χ4v) is 3.83. The molecule has 1 amide bonds. The normalized spacial score (nSPS) is 16.5. The fourth-order valence-electron chi connectivity index (χ4n) is 2.24. The van der Waals surface area contributed by atoms with Gasteiger partial charge in [0.1, 0.15) is 0 Å². The van der Waals surface area contributed by atoms with Gasteiger partial charge in [0, 0.05) is 0 Å². The molecule has 6 heteroatoms. The number of thiocarbonyl (C=S) groups is 1. The van der Waals surface area contributed by atoms with Crippen molar-refractivity contribution in [3.05, 3.63) is 68.5 Å². The summed E-state index contributed by atoms with van der Waals surface area (Å²) >= 11 is 18.6. The van der Waals surface area contributed by atoms with Crippen molar-refractivity contribution in [3.8, 4) is 0 Å². The predicted molar refractivity (Wildman–Crippen MR) is 103 cm³/mol. The summed E-state index contributed by atoms with van der Waals surface area (Å²) in [6.45, 7) is 1.95. The zero-order valence-corrected chi connectivity index (χ0v) is 15.2. The van der Waals surface area contributed by atoms with Crippen molar-refractivity contribution in [1.29, 1.82) is 0 Å². The summed E-state index contributed by atoms with van der Waals surface area (Å²) in [7, 11) is 0. The van der Waals surface area contributed by atoms with Gasteiger partial charge in [0.05, 0.1) is 20.6 Å². The molecule has 1 saturated heterocycles. The van der Waals surface area contributed by atoms with Gasteiger partial charge in [-0.3, -0.25) is 9.69 Å². The van der Waals surface area contributed by atoms with Crippen LogP contribution in [0.25, 0.3) is 6.08 Å². The van der Waals surface area contributed by atoms with E-state index < -0.39 is 0 Å². The quantitative estimate of drug-likeness (QED) is 0.492. The SMILES string of the molecule is Cc1ccccc1N1C(=O)/C(=C/c2ccc(Cl)c(Cl)c2)SC1=S. The van der Waals surface area contributed by atoms with Crippen LogP contribution in [0.15, 0.2) is 47.4 Å². The Balaban J connectivity index is 1.96. The highest BCUT2D eigenvalue weighted by Gasteiger charge is 2.33. The van der Waals surface area contributed by atoms with E-state index >= 15 is 0 Å². The van der Waals surface area contributed by atoms with Crippen LogP contribution in [0.5, 0.6) is 0 Å². The predicted octanol–water partition coefficient (Wildman–Crippen LogP) is 5.71. The van der Waals surface area contributed by atoms with E-state index in [1.165, 1.54) is 11.8 Å². The van der Waals surface area contributed by atoms with Gasteiger partial charge in [0.2, 0.25) is 0 Å². The van der Waals surface area contributed by atoms with Gasteiger partial charge in [-0.1, -0.05) is 71.4 Å². The molecule has 1 heterocycles. The van der Waals surface area contributed by atoms with Crippen LogP contribution >= 0.6 is 47.2 Å². The first-order valence-corrected chi connectivity index (χ1v) is 8.74. The lowest BCUT2D eigenvalue weighted by atomic mass is 10.1. The van der Waals surface area contributed by atoms with E-state index in [1.807, 2.05) is 37.3 Å². The molecule has 0 unspecified atom stereocenters. The second kappa shape index (κ2) is 6.65. The van der Waals surface area contributed by atoms with Crippen molar-refractivity contribution in [2.24, 2.45) is 0 Å². The molecule has 0 aliphatic carbocycles. The van der Waals surface area contributed by atoms with Crippen molar-refractivity contribution in [2.75, 3.05) is 4.90 Å². The van der Waals surface area contributed by atoms with Crippen molar-refractivity contribution in [1.82, 2.24) is 0 Å². The number of hydrogen-bond acceptors (Lipinski definition) is 3. The van der Waals surface area contributed by atoms with Gasteiger partial charge in [-0.25, -0.2) is 0 Å². The van der Waals surface area contributed by atoms with Gasteiger partial charge in [0.25, 0.3) is 5.91 Å². The van der Waals surface area contributed by atoms with Crippen LogP contribution < -0.4 is 4.90 Å². The number of halogens is 2.